The number of nitrogens with one attached hydrogen (secondary N) is 1. The molecule has 2 aromatic heterocycles. The number of carbonyl (C=O) groups excluding carboxylic acids is 1. The van der Waals surface area contributed by atoms with Crippen LogP contribution in [0, 0.1) is 13.8 Å². The number of aromatic nitrogens is 2. The lowest BCUT2D eigenvalue weighted by atomic mass is 10.2. The molecule has 0 aliphatic rings. The molecule has 3 rings (SSSR count). The summed E-state index contributed by atoms with van der Waals surface area (Å²) >= 11 is 1.62. The minimum absolute atomic E-state index is 0.317. The summed E-state index contributed by atoms with van der Waals surface area (Å²) < 4.78 is 10.8. The van der Waals surface area contributed by atoms with Gasteiger partial charge in [0.05, 0.1) is 12.0 Å². The third-order valence-electron chi connectivity index (χ3n) is 3.50. The molecule has 1 aromatic carbocycles. The summed E-state index contributed by atoms with van der Waals surface area (Å²) in [6, 6.07) is 7.08. The Balaban J connectivity index is 1.88. The van der Waals surface area contributed by atoms with Crippen molar-refractivity contribution in [2.24, 2.45) is 0 Å². The average molecular weight is 343 g/mol. The summed E-state index contributed by atoms with van der Waals surface area (Å²) in [4.78, 5) is 22.2. The molecule has 6 nitrogen and oxygen atoms in total. The number of amides is 1. The van der Waals surface area contributed by atoms with E-state index in [0.717, 1.165) is 15.8 Å². The van der Waals surface area contributed by atoms with Gasteiger partial charge in [-0.05, 0) is 38.5 Å². The van der Waals surface area contributed by atoms with E-state index in [0.29, 0.717) is 23.9 Å². The second-order valence-corrected chi connectivity index (χ2v) is 6.32. The standard InChI is InChI=1S/C17H17N3O3S/c1-4-22-17(21)20-12-6-5-7-13(8-12)23-15-14-10(2)11(3)24-16(14)19-9-18-15/h5-9H,4H2,1-3H3,(H,20,21). The van der Waals surface area contributed by atoms with E-state index in [4.69, 9.17) is 9.47 Å². The molecule has 1 amide bonds. The largest absolute Gasteiger partial charge is 0.450 e. The lowest BCUT2D eigenvalue weighted by Crippen LogP contribution is -2.13. The number of nitrogens with zero attached hydrogens (tertiary/aromatic N) is 2. The molecule has 124 valence electrons. The Morgan fingerprint density at radius 2 is 2.12 bits per heavy atom. The summed E-state index contributed by atoms with van der Waals surface area (Å²) in [5, 5.41) is 3.57. The second-order valence-electron chi connectivity index (χ2n) is 5.12. The van der Waals surface area contributed by atoms with E-state index in [-0.39, 0.29) is 0 Å². The molecule has 0 radical (unpaired) electrons. The van der Waals surface area contributed by atoms with Crippen molar-refractivity contribution in [1.82, 2.24) is 9.97 Å². The van der Waals surface area contributed by atoms with Gasteiger partial charge in [-0.3, -0.25) is 5.32 Å². The molecule has 0 unspecified atom stereocenters. The Morgan fingerprint density at radius 3 is 2.92 bits per heavy atom. The van der Waals surface area contributed by atoms with E-state index in [2.05, 4.69) is 22.2 Å². The number of anilines is 1. The minimum Gasteiger partial charge on any atom is -0.450 e. The monoisotopic (exact) mass is 343 g/mol. The van der Waals surface area contributed by atoms with Gasteiger partial charge in [-0.25, -0.2) is 14.8 Å². The Labute approximate surface area is 143 Å². The maximum atomic E-state index is 11.5. The van der Waals surface area contributed by atoms with E-state index in [1.807, 2.05) is 6.92 Å². The Morgan fingerprint density at radius 1 is 1.29 bits per heavy atom. The smallest absolute Gasteiger partial charge is 0.411 e. The Hall–Kier alpha value is -2.67. The van der Waals surface area contributed by atoms with Gasteiger partial charge in [0.25, 0.3) is 0 Å². The molecule has 0 spiro atoms. The number of ether oxygens (including phenoxy) is 2. The highest BCUT2D eigenvalue weighted by atomic mass is 32.1. The van der Waals surface area contributed by atoms with Crippen LogP contribution >= 0.6 is 11.3 Å². The van der Waals surface area contributed by atoms with E-state index < -0.39 is 6.09 Å². The minimum atomic E-state index is -0.497. The third-order valence-corrected chi connectivity index (χ3v) is 4.62. The van der Waals surface area contributed by atoms with Crippen molar-refractivity contribution in [3.63, 3.8) is 0 Å². The van der Waals surface area contributed by atoms with Crippen LogP contribution in [-0.2, 0) is 4.74 Å². The number of aryl methyl sites for hydroxylation is 2. The van der Waals surface area contributed by atoms with Crippen LogP contribution in [0.3, 0.4) is 0 Å². The van der Waals surface area contributed by atoms with Crippen molar-refractivity contribution in [3.8, 4) is 11.6 Å². The summed E-state index contributed by atoms with van der Waals surface area (Å²) in [7, 11) is 0. The lowest BCUT2D eigenvalue weighted by Gasteiger charge is -2.09. The lowest BCUT2D eigenvalue weighted by molar-refractivity contribution is 0.168. The van der Waals surface area contributed by atoms with Crippen LogP contribution in [0.4, 0.5) is 10.5 Å². The average Bonchev–Trinajstić information content (AvgIpc) is 2.83. The molecule has 24 heavy (non-hydrogen) atoms. The topological polar surface area (TPSA) is 73.3 Å². The molecule has 0 fully saturated rings. The zero-order valence-electron chi connectivity index (χ0n) is 13.6. The first-order valence-corrected chi connectivity index (χ1v) is 8.32. The highest BCUT2D eigenvalue weighted by Gasteiger charge is 2.14. The van der Waals surface area contributed by atoms with Gasteiger partial charge in [0, 0.05) is 16.6 Å². The number of carbonyl (C=O) groups is 1. The van der Waals surface area contributed by atoms with Gasteiger partial charge in [-0.15, -0.1) is 11.3 Å². The predicted octanol–water partition coefficient (Wildman–Crippen LogP) is 4.67. The second kappa shape index (κ2) is 6.84. The van der Waals surface area contributed by atoms with Crippen molar-refractivity contribution < 1.29 is 14.3 Å². The van der Waals surface area contributed by atoms with Crippen LogP contribution in [0.25, 0.3) is 10.2 Å². The van der Waals surface area contributed by atoms with Crippen LogP contribution in [0.1, 0.15) is 17.4 Å². The summed E-state index contributed by atoms with van der Waals surface area (Å²) in [6.07, 6.45) is 0.997. The SMILES string of the molecule is CCOC(=O)Nc1cccc(Oc2ncnc3sc(C)c(C)c23)c1. The summed E-state index contributed by atoms with van der Waals surface area (Å²) in [5.41, 5.74) is 1.71. The fourth-order valence-corrected chi connectivity index (χ4v) is 3.25. The number of hydrogen-bond acceptors (Lipinski definition) is 6. The summed E-state index contributed by atoms with van der Waals surface area (Å²) in [5.74, 6) is 1.09. The van der Waals surface area contributed by atoms with Crippen LogP contribution in [-0.4, -0.2) is 22.7 Å². The van der Waals surface area contributed by atoms with E-state index in [1.165, 1.54) is 11.2 Å². The zero-order chi connectivity index (χ0) is 17.1. The summed E-state index contributed by atoms with van der Waals surface area (Å²) in [6.45, 7) is 6.15. The number of benzene rings is 1. The van der Waals surface area contributed by atoms with Gasteiger partial charge in [-0.1, -0.05) is 6.07 Å². The van der Waals surface area contributed by atoms with E-state index in [9.17, 15) is 4.79 Å². The number of rotatable bonds is 4. The van der Waals surface area contributed by atoms with Gasteiger partial charge in [0.2, 0.25) is 5.88 Å². The quantitative estimate of drug-likeness (QED) is 0.745. The molecular weight excluding hydrogens is 326 g/mol. The van der Waals surface area contributed by atoms with Gasteiger partial charge < -0.3 is 9.47 Å². The molecule has 0 aliphatic heterocycles. The molecule has 0 saturated carbocycles. The molecule has 0 bridgehead atoms. The van der Waals surface area contributed by atoms with Crippen molar-refractivity contribution in [2.75, 3.05) is 11.9 Å². The van der Waals surface area contributed by atoms with Crippen molar-refractivity contribution in [1.29, 1.82) is 0 Å². The molecule has 0 aliphatic carbocycles. The molecule has 3 aromatic rings. The van der Waals surface area contributed by atoms with Crippen LogP contribution in [0.15, 0.2) is 30.6 Å². The zero-order valence-corrected chi connectivity index (χ0v) is 14.4. The highest BCUT2D eigenvalue weighted by Crippen LogP contribution is 2.35. The number of hydrogen-bond donors (Lipinski definition) is 1. The molecular formula is C17H17N3O3S. The third kappa shape index (κ3) is 3.30. The van der Waals surface area contributed by atoms with Gasteiger partial charge in [0.15, 0.2) is 0 Å². The molecule has 0 saturated heterocycles. The first kappa shape index (κ1) is 16.2. The van der Waals surface area contributed by atoms with Crippen molar-refractivity contribution >= 4 is 33.3 Å². The maximum absolute atomic E-state index is 11.5. The van der Waals surface area contributed by atoms with Gasteiger partial charge >= 0.3 is 6.09 Å². The Bertz CT molecular complexity index is 892. The highest BCUT2D eigenvalue weighted by molar-refractivity contribution is 7.18. The predicted molar refractivity (Wildman–Crippen MR) is 94.0 cm³/mol. The maximum Gasteiger partial charge on any atom is 0.411 e. The normalized spacial score (nSPS) is 10.6. The van der Waals surface area contributed by atoms with E-state index >= 15 is 0 Å². The molecule has 1 N–H and O–H groups in total. The fourth-order valence-electron chi connectivity index (χ4n) is 2.26. The van der Waals surface area contributed by atoms with Gasteiger partial charge in [-0.2, -0.15) is 0 Å². The first-order chi connectivity index (χ1) is 11.6. The van der Waals surface area contributed by atoms with Crippen molar-refractivity contribution in [2.45, 2.75) is 20.8 Å². The first-order valence-electron chi connectivity index (χ1n) is 7.51. The van der Waals surface area contributed by atoms with Crippen LogP contribution in [0.2, 0.25) is 0 Å². The van der Waals surface area contributed by atoms with E-state index in [1.54, 1.807) is 42.5 Å². The van der Waals surface area contributed by atoms with Crippen LogP contribution < -0.4 is 10.1 Å². The van der Waals surface area contributed by atoms with Crippen molar-refractivity contribution in [3.05, 3.63) is 41.0 Å². The fraction of sp³-hybridized carbons (Fsp3) is 0.235. The van der Waals surface area contributed by atoms with Gasteiger partial charge in [0.1, 0.15) is 16.9 Å². The molecule has 2 heterocycles. The number of thiophene rings is 1. The molecule has 0 atom stereocenters. The number of fused-ring (bicyclic) bond motifs is 1. The van der Waals surface area contributed by atoms with Crippen LogP contribution in [0.5, 0.6) is 11.6 Å². The molecule has 7 heteroatoms. The Kier molecular flexibility index (Phi) is 4.61.